The highest BCUT2D eigenvalue weighted by molar-refractivity contribution is 5.73. The average molecular weight is 285 g/mol. The van der Waals surface area contributed by atoms with Gasteiger partial charge in [-0.05, 0) is 37.0 Å². The summed E-state index contributed by atoms with van der Waals surface area (Å²) in [7, 11) is 0. The van der Waals surface area contributed by atoms with E-state index in [0.717, 1.165) is 32.7 Å². The summed E-state index contributed by atoms with van der Waals surface area (Å²) in [6.07, 6.45) is 3.43. The second-order valence-electron chi connectivity index (χ2n) is 6.68. The molecule has 0 aromatic heterocycles. The molecule has 0 rings (SSSR count). The molecule has 0 aliphatic heterocycles. The summed E-state index contributed by atoms with van der Waals surface area (Å²) in [5.74, 6) is 1.91. The summed E-state index contributed by atoms with van der Waals surface area (Å²) in [4.78, 5) is 13.6. The molecule has 0 fully saturated rings. The van der Waals surface area contributed by atoms with Crippen molar-refractivity contribution < 1.29 is 9.53 Å². The molecule has 3 heteroatoms. The zero-order valence-electron chi connectivity index (χ0n) is 14.4. The average Bonchev–Trinajstić information content (AvgIpc) is 2.35. The number of hydrogen-bond acceptors (Lipinski definition) is 2. The van der Waals surface area contributed by atoms with Crippen LogP contribution in [-0.2, 0) is 9.53 Å². The van der Waals surface area contributed by atoms with E-state index >= 15 is 0 Å². The van der Waals surface area contributed by atoms with Crippen molar-refractivity contribution in [2.24, 2.45) is 17.8 Å². The van der Waals surface area contributed by atoms with Gasteiger partial charge in [0, 0.05) is 33.2 Å². The smallest absolute Gasteiger partial charge is 0.219 e. The van der Waals surface area contributed by atoms with Crippen LogP contribution in [-0.4, -0.2) is 37.1 Å². The maximum atomic E-state index is 11.6. The fourth-order valence-electron chi connectivity index (χ4n) is 2.32. The van der Waals surface area contributed by atoms with Crippen molar-refractivity contribution in [1.82, 2.24) is 4.90 Å². The largest absolute Gasteiger partial charge is 0.381 e. The molecule has 0 heterocycles. The molecule has 1 amide bonds. The highest BCUT2D eigenvalue weighted by atomic mass is 16.5. The van der Waals surface area contributed by atoms with E-state index in [-0.39, 0.29) is 5.91 Å². The van der Waals surface area contributed by atoms with Gasteiger partial charge in [-0.15, -0.1) is 0 Å². The first kappa shape index (κ1) is 19.4. The lowest BCUT2D eigenvalue weighted by atomic mass is 9.98. The van der Waals surface area contributed by atoms with E-state index in [0.29, 0.717) is 17.8 Å². The highest BCUT2D eigenvalue weighted by Gasteiger charge is 2.15. The summed E-state index contributed by atoms with van der Waals surface area (Å²) in [6.45, 7) is 16.1. The van der Waals surface area contributed by atoms with Crippen LogP contribution < -0.4 is 0 Å². The number of amides is 1. The summed E-state index contributed by atoms with van der Waals surface area (Å²) < 4.78 is 5.58. The quantitative estimate of drug-likeness (QED) is 0.538. The Morgan fingerprint density at radius 1 is 1.05 bits per heavy atom. The van der Waals surface area contributed by atoms with E-state index in [9.17, 15) is 4.79 Å². The SMILES string of the molecule is CCCOCC(C)CCC(C)CN(CC(C)C)C(C)=O. The lowest BCUT2D eigenvalue weighted by Gasteiger charge is -2.27. The van der Waals surface area contributed by atoms with Crippen molar-refractivity contribution in [1.29, 1.82) is 0 Å². The molecule has 2 atom stereocenters. The topological polar surface area (TPSA) is 29.5 Å². The van der Waals surface area contributed by atoms with Gasteiger partial charge in [0.05, 0.1) is 0 Å². The molecule has 0 N–H and O–H groups in total. The molecule has 0 radical (unpaired) electrons. The van der Waals surface area contributed by atoms with Gasteiger partial charge < -0.3 is 9.64 Å². The van der Waals surface area contributed by atoms with E-state index in [1.165, 1.54) is 12.8 Å². The van der Waals surface area contributed by atoms with Gasteiger partial charge in [-0.25, -0.2) is 0 Å². The van der Waals surface area contributed by atoms with Crippen molar-refractivity contribution in [2.75, 3.05) is 26.3 Å². The van der Waals surface area contributed by atoms with Crippen LogP contribution in [0.15, 0.2) is 0 Å². The fourth-order valence-corrected chi connectivity index (χ4v) is 2.32. The molecule has 2 unspecified atom stereocenters. The first-order valence-corrected chi connectivity index (χ1v) is 8.20. The summed E-state index contributed by atoms with van der Waals surface area (Å²) in [6, 6.07) is 0. The zero-order valence-corrected chi connectivity index (χ0v) is 14.4. The van der Waals surface area contributed by atoms with Crippen molar-refractivity contribution in [3.8, 4) is 0 Å². The Kier molecular flexibility index (Phi) is 10.8. The number of nitrogens with zero attached hydrogens (tertiary/aromatic N) is 1. The first-order valence-electron chi connectivity index (χ1n) is 8.20. The molecular weight excluding hydrogens is 250 g/mol. The molecule has 0 saturated heterocycles. The van der Waals surface area contributed by atoms with E-state index in [4.69, 9.17) is 4.74 Å². The van der Waals surface area contributed by atoms with Crippen LogP contribution in [0.4, 0.5) is 0 Å². The van der Waals surface area contributed by atoms with Gasteiger partial charge >= 0.3 is 0 Å². The van der Waals surface area contributed by atoms with Crippen LogP contribution in [0.3, 0.4) is 0 Å². The van der Waals surface area contributed by atoms with Gasteiger partial charge in [0.15, 0.2) is 0 Å². The molecule has 0 aromatic rings. The van der Waals surface area contributed by atoms with Crippen LogP contribution in [0.5, 0.6) is 0 Å². The van der Waals surface area contributed by atoms with E-state index in [1.807, 2.05) is 4.90 Å². The Morgan fingerprint density at radius 3 is 2.15 bits per heavy atom. The highest BCUT2D eigenvalue weighted by Crippen LogP contribution is 2.15. The molecule has 0 spiro atoms. The molecule has 0 aliphatic carbocycles. The lowest BCUT2D eigenvalue weighted by molar-refractivity contribution is -0.130. The van der Waals surface area contributed by atoms with Crippen molar-refractivity contribution >= 4 is 5.91 Å². The molecule has 0 bridgehead atoms. The number of ether oxygens (including phenoxy) is 1. The second-order valence-corrected chi connectivity index (χ2v) is 6.68. The monoisotopic (exact) mass is 285 g/mol. The zero-order chi connectivity index (χ0) is 15.5. The fraction of sp³-hybridized carbons (Fsp3) is 0.941. The minimum absolute atomic E-state index is 0.199. The predicted molar refractivity (Wildman–Crippen MR) is 85.8 cm³/mol. The third-order valence-electron chi connectivity index (χ3n) is 3.47. The van der Waals surface area contributed by atoms with Crippen LogP contribution in [0.2, 0.25) is 0 Å². The van der Waals surface area contributed by atoms with Gasteiger partial charge in [-0.2, -0.15) is 0 Å². The Bertz CT molecular complexity index is 253. The first-order chi connectivity index (χ1) is 9.36. The number of rotatable bonds is 11. The van der Waals surface area contributed by atoms with Gasteiger partial charge in [0.1, 0.15) is 0 Å². The van der Waals surface area contributed by atoms with Crippen LogP contribution in [0, 0.1) is 17.8 Å². The van der Waals surface area contributed by atoms with E-state index in [1.54, 1.807) is 6.92 Å². The molecule has 120 valence electrons. The Morgan fingerprint density at radius 2 is 1.65 bits per heavy atom. The third-order valence-corrected chi connectivity index (χ3v) is 3.47. The number of hydrogen-bond donors (Lipinski definition) is 0. The van der Waals surface area contributed by atoms with Gasteiger partial charge in [0.25, 0.3) is 0 Å². The Hall–Kier alpha value is -0.570. The molecule has 20 heavy (non-hydrogen) atoms. The number of carbonyl (C=O) groups is 1. The van der Waals surface area contributed by atoms with Gasteiger partial charge in [-0.1, -0.05) is 34.6 Å². The van der Waals surface area contributed by atoms with Gasteiger partial charge in [0.2, 0.25) is 5.91 Å². The molecule has 0 aliphatic rings. The predicted octanol–water partition coefficient (Wildman–Crippen LogP) is 3.97. The molecule has 3 nitrogen and oxygen atoms in total. The molecule has 0 saturated carbocycles. The third kappa shape index (κ3) is 10.2. The van der Waals surface area contributed by atoms with Crippen LogP contribution in [0.25, 0.3) is 0 Å². The minimum atomic E-state index is 0.199. The minimum Gasteiger partial charge on any atom is -0.381 e. The van der Waals surface area contributed by atoms with Crippen LogP contribution >= 0.6 is 0 Å². The van der Waals surface area contributed by atoms with Crippen molar-refractivity contribution in [2.45, 2.75) is 60.8 Å². The normalized spacial score (nSPS) is 14.3. The molecule has 0 aromatic carbocycles. The standard InChI is InChI=1S/C17H35NO2/c1-7-10-20-13-16(5)9-8-15(4)12-18(17(6)19)11-14(2)3/h14-16H,7-13H2,1-6H3. The summed E-state index contributed by atoms with van der Waals surface area (Å²) in [5, 5.41) is 0. The van der Waals surface area contributed by atoms with Crippen molar-refractivity contribution in [3.05, 3.63) is 0 Å². The Balaban J connectivity index is 3.94. The summed E-state index contributed by atoms with van der Waals surface area (Å²) in [5.41, 5.74) is 0. The van der Waals surface area contributed by atoms with E-state index in [2.05, 4.69) is 34.6 Å². The van der Waals surface area contributed by atoms with E-state index < -0.39 is 0 Å². The van der Waals surface area contributed by atoms with Crippen molar-refractivity contribution in [3.63, 3.8) is 0 Å². The lowest BCUT2D eigenvalue weighted by Crippen LogP contribution is -2.36. The maximum absolute atomic E-state index is 11.6. The van der Waals surface area contributed by atoms with Crippen LogP contribution in [0.1, 0.15) is 60.8 Å². The maximum Gasteiger partial charge on any atom is 0.219 e. The Labute approximate surface area is 126 Å². The summed E-state index contributed by atoms with van der Waals surface area (Å²) >= 11 is 0. The molecular formula is C17H35NO2. The second kappa shape index (κ2) is 11.1. The van der Waals surface area contributed by atoms with Gasteiger partial charge in [-0.3, -0.25) is 4.79 Å². The number of carbonyl (C=O) groups excluding carboxylic acids is 1.